The predicted molar refractivity (Wildman–Crippen MR) is 109 cm³/mol. The Morgan fingerprint density at radius 1 is 1.00 bits per heavy atom. The molecule has 1 heterocycles. The number of amides is 2. The first kappa shape index (κ1) is 24.1. The van der Waals surface area contributed by atoms with Crippen molar-refractivity contribution in [2.75, 3.05) is 13.6 Å². The summed E-state index contributed by atoms with van der Waals surface area (Å²) in [5.74, 6) is -1.77. The van der Waals surface area contributed by atoms with E-state index in [4.69, 9.17) is 5.11 Å². The second-order valence-corrected chi connectivity index (χ2v) is 7.17. The molecule has 0 aromatic heterocycles. The van der Waals surface area contributed by atoms with Crippen LogP contribution in [0.3, 0.4) is 0 Å². The van der Waals surface area contributed by atoms with Crippen LogP contribution < -0.4 is 40.2 Å². The van der Waals surface area contributed by atoms with Gasteiger partial charge in [-0.1, -0.05) is 60.7 Å². The zero-order valence-corrected chi connectivity index (χ0v) is 19.2. The zero-order chi connectivity index (χ0) is 20.8. The third kappa shape index (κ3) is 6.40. The smallest absolute Gasteiger partial charge is 1.00 e. The van der Waals surface area contributed by atoms with Crippen molar-refractivity contribution in [3.63, 3.8) is 0 Å². The molecule has 1 unspecified atom stereocenters. The van der Waals surface area contributed by atoms with E-state index in [9.17, 15) is 14.4 Å². The molecule has 0 radical (unpaired) electrons. The fraction of sp³-hybridized carbons (Fsp3) is 0.318. The summed E-state index contributed by atoms with van der Waals surface area (Å²) in [7, 11) is 1.58. The Morgan fingerprint density at radius 2 is 1.57 bits per heavy atom. The molecule has 0 saturated carbocycles. The first-order valence-corrected chi connectivity index (χ1v) is 9.58. The molecule has 154 valence electrons. The van der Waals surface area contributed by atoms with Crippen LogP contribution in [-0.4, -0.2) is 59.5 Å². The molecule has 0 aliphatic carbocycles. The van der Waals surface area contributed by atoms with Crippen LogP contribution in [0.15, 0.2) is 60.7 Å². The van der Waals surface area contributed by atoms with E-state index in [0.717, 1.165) is 11.1 Å². The Balaban J connectivity index is 0.00000240. The number of benzene rings is 2. The van der Waals surface area contributed by atoms with Crippen molar-refractivity contribution in [1.29, 1.82) is 0 Å². The minimum atomic E-state index is -1.04. The molecule has 8 heteroatoms. The van der Waals surface area contributed by atoms with Crippen LogP contribution in [-0.2, 0) is 27.2 Å². The molecule has 1 saturated heterocycles. The SMILES string of the molecule is CN1[C@H](C(=O)O)[C@H]1C(=O)N[C@@H](Cc1ccccc1)C(=O)NCCc1ccccc1.[H-].[Na+]. The van der Waals surface area contributed by atoms with Gasteiger partial charge >= 0.3 is 35.5 Å². The number of carbonyl (C=O) groups is 3. The van der Waals surface area contributed by atoms with Gasteiger partial charge in [-0.3, -0.25) is 19.3 Å². The molecule has 1 fully saturated rings. The number of carboxylic acid groups (broad SMARTS) is 1. The van der Waals surface area contributed by atoms with Crippen LogP contribution in [0, 0.1) is 0 Å². The number of nitrogens with one attached hydrogen (secondary N) is 2. The van der Waals surface area contributed by atoms with E-state index >= 15 is 0 Å². The van der Waals surface area contributed by atoms with E-state index in [-0.39, 0.29) is 36.9 Å². The Labute approximate surface area is 199 Å². The van der Waals surface area contributed by atoms with Crippen molar-refractivity contribution in [3.8, 4) is 0 Å². The number of aliphatic carboxylic acids is 1. The standard InChI is InChI=1S/C22H25N3O4.Na.H/c1-25-18(19(25)22(28)29)21(27)24-17(14-16-10-6-3-7-11-16)20(26)23-13-12-15-8-4-2-5-9-15;;/h2-11,17-19H,12-14H2,1H3,(H,23,26)(H,24,27)(H,28,29);;/q;+1;-1/t17-,18-,19-,25?;;/m0../s1. The van der Waals surface area contributed by atoms with Crippen LogP contribution in [0.4, 0.5) is 0 Å². The van der Waals surface area contributed by atoms with E-state index in [1.54, 1.807) is 7.05 Å². The van der Waals surface area contributed by atoms with Gasteiger partial charge in [-0.15, -0.1) is 0 Å². The summed E-state index contributed by atoms with van der Waals surface area (Å²) in [4.78, 5) is 37.9. The van der Waals surface area contributed by atoms with E-state index in [0.29, 0.717) is 19.4 Å². The summed E-state index contributed by atoms with van der Waals surface area (Å²) in [6, 6.07) is 16.9. The Kier molecular flexibility index (Phi) is 9.05. The first-order valence-electron chi connectivity index (χ1n) is 9.58. The van der Waals surface area contributed by atoms with Gasteiger partial charge in [0.25, 0.3) is 0 Å². The number of carboxylic acids is 1. The van der Waals surface area contributed by atoms with Gasteiger partial charge in [0.05, 0.1) is 0 Å². The van der Waals surface area contributed by atoms with Gasteiger partial charge in [0, 0.05) is 13.0 Å². The number of carbonyl (C=O) groups excluding carboxylic acids is 2. The molecule has 4 atom stereocenters. The number of hydrogen-bond acceptors (Lipinski definition) is 4. The van der Waals surface area contributed by atoms with Gasteiger partial charge in [0.2, 0.25) is 11.8 Å². The van der Waals surface area contributed by atoms with Gasteiger partial charge in [-0.05, 0) is 24.6 Å². The van der Waals surface area contributed by atoms with Crippen molar-refractivity contribution in [1.82, 2.24) is 15.5 Å². The predicted octanol–water partition coefficient (Wildman–Crippen LogP) is -2.04. The number of rotatable bonds is 9. The summed E-state index contributed by atoms with van der Waals surface area (Å²) in [6.45, 7) is 0.449. The van der Waals surface area contributed by atoms with Gasteiger partial charge in [0.15, 0.2) is 0 Å². The van der Waals surface area contributed by atoms with Crippen LogP contribution in [0.2, 0.25) is 0 Å². The van der Waals surface area contributed by atoms with Crippen LogP contribution >= 0.6 is 0 Å². The van der Waals surface area contributed by atoms with Gasteiger partial charge in [-0.2, -0.15) is 0 Å². The molecule has 3 N–H and O–H groups in total. The summed E-state index contributed by atoms with van der Waals surface area (Å²) >= 11 is 0. The Morgan fingerprint density at radius 3 is 2.10 bits per heavy atom. The maximum atomic E-state index is 12.8. The fourth-order valence-corrected chi connectivity index (χ4v) is 3.39. The van der Waals surface area contributed by atoms with Crippen LogP contribution in [0.5, 0.6) is 0 Å². The summed E-state index contributed by atoms with van der Waals surface area (Å²) in [5, 5.41) is 14.8. The fourth-order valence-electron chi connectivity index (χ4n) is 3.39. The molecule has 2 aromatic carbocycles. The quantitative estimate of drug-likeness (QED) is 0.321. The molecule has 30 heavy (non-hydrogen) atoms. The van der Waals surface area contributed by atoms with Crippen LogP contribution in [0.25, 0.3) is 0 Å². The summed E-state index contributed by atoms with van der Waals surface area (Å²) in [5.41, 5.74) is 2.02. The molecule has 2 amide bonds. The largest absolute Gasteiger partial charge is 1.00 e. The van der Waals surface area contributed by atoms with E-state index in [1.165, 1.54) is 4.90 Å². The summed E-state index contributed by atoms with van der Waals surface area (Å²) in [6.07, 6.45) is 1.02. The number of nitrogens with zero attached hydrogens (tertiary/aromatic N) is 1. The first-order chi connectivity index (χ1) is 14.0. The molecule has 1 aliphatic rings. The third-order valence-electron chi connectivity index (χ3n) is 5.08. The molecule has 0 spiro atoms. The van der Waals surface area contributed by atoms with Crippen molar-refractivity contribution < 1.29 is 50.5 Å². The minimum absolute atomic E-state index is 0. The van der Waals surface area contributed by atoms with Gasteiger partial charge in [0.1, 0.15) is 18.1 Å². The average molecular weight is 419 g/mol. The second-order valence-electron chi connectivity index (χ2n) is 7.17. The summed E-state index contributed by atoms with van der Waals surface area (Å²) < 4.78 is 0. The zero-order valence-electron chi connectivity index (χ0n) is 18.2. The Bertz CT molecular complexity index is 870. The maximum Gasteiger partial charge on any atom is 1.00 e. The Hall–Kier alpha value is -2.19. The topological polar surface area (TPSA) is 98.5 Å². The minimum Gasteiger partial charge on any atom is -1.00 e. The van der Waals surface area contributed by atoms with Crippen LogP contribution in [0.1, 0.15) is 12.6 Å². The number of likely N-dealkylation sites (N-methyl/N-ethyl adjacent to an activating group) is 1. The van der Waals surface area contributed by atoms with E-state index < -0.39 is 30.0 Å². The molecular weight excluding hydrogens is 393 g/mol. The van der Waals surface area contributed by atoms with Gasteiger partial charge < -0.3 is 17.2 Å². The number of hydrogen-bond donors (Lipinski definition) is 3. The van der Waals surface area contributed by atoms with Crippen molar-refractivity contribution in [2.45, 2.75) is 31.0 Å². The average Bonchev–Trinajstić information content (AvgIpc) is 3.40. The molecule has 2 aromatic rings. The van der Waals surface area contributed by atoms with Crippen molar-refractivity contribution in [2.24, 2.45) is 0 Å². The second kappa shape index (κ2) is 11.3. The van der Waals surface area contributed by atoms with E-state index in [1.807, 2.05) is 60.7 Å². The van der Waals surface area contributed by atoms with E-state index in [2.05, 4.69) is 10.6 Å². The van der Waals surface area contributed by atoms with Crippen molar-refractivity contribution in [3.05, 3.63) is 71.8 Å². The molecule has 0 bridgehead atoms. The van der Waals surface area contributed by atoms with Gasteiger partial charge in [-0.25, -0.2) is 0 Å². The molecular formula is C22H26N3NaO4. The normalized spacial score (nSPS) is 20.4. The third-order valence-corrected chi connectivity index (χ3v) is 5.08. The molecule has 7 nitrogen and oxygen atoms in total. The molecule has 3 rings (SSSR count). The maximum absolute atomic E-state index is 12.8. The van der Waals surface area contributed by atoms with Crippen molar-refractivity contribution >= 4 is 17.8 Å². The molecule has 1 aliphatic heterocycles. The monoisotopic (exact) mass is 419 g/mol.